The van der Waals surface area contributed by atoms with E-state index in [0.29, 0.717) is 6.42 Å². The van der Waals surface area contributed by atoms with Gasteiger partial charge in [-0.05, 0) is 70.6 Å². The number of ether oxygens (including phenoxy) is 2. The first-order chi connectivity index (χ1) is 31.8. The van der Waals surface area contributed by atoms with E-state index in [1.807, 2.05) is 6.08 Å². The molecule has 1 saturated heterocycles. The van der Waals surface area contributed by atoms with Gasteiger partial charge in [0.1, 0.15) is 24.4 Å². The second-order valence-electron chi connectivity index (χ2n) is 18.3. The summed E-state index contributed by atoms with van der Waals surface area (Å²) in [6.45, 7) is 3.63. The van der Waals surface area contributed by atoms with Crippen molar-refractivity contribution < 1.29 is 39.8 Å². The molecule has 1 aliphatic heterocycles. The van der Waals surface area contributed by atoms with Gasteiger partial charge in [-0.2, -0.15) is 0 Å². The van der Waals surface area contributed by atoms with Crippen molar-refractivity contribution in [2.24, 2.45) is 0 Å². The minimum atomic E-state index is -1.57. The third kappa shape index (κ3) is 35.4. The Morgan fingerprint density at radius 2 is 0.969 bits per heavy atom. The van der Waals surface area contributed by atoms with E-state index in [1.54, 1.807) is 6.08 Å². The molecule has 0 aliphatic carbocycles. The first-order valence-electron chi connectivity index (χ1n) is 26.7. The summed E-state index contributed by atoms with van der Waals surface area (Å²) in [4.78, 5) is 13.0. The number of allylic oxidation sites excluding steroid dienone is 11. The van der Waals surface area contributed by atoms with Crippen molar-refractivity contribution in [3.05, 3.63) is 72.9 Å². The molecule has 0 aromatic rings. The van der Waals surface area contributed by atoms with Crippen LogP contribution in [0.5, 0.6) is 0 Å². The number of aliphatic hydroxyl groups excluding tert-OH is 5. The molecule has 376 valence electrons. The molecule has 6 N–H and O–H groups in total. The summed E-state index contributed by atoms with van der Waals surface area (Å²) in [7, 11) is 0. The number of hydrogen-bond acceptors (Lipinski definition) is 8. The molecule has 1 aliphatic rings. The van der Waals surface area contributed by atoms with E-state index in [1.165, 1.54) is 135 Å². The van der Waals surface area contributed by atoms with Gasteiger partial charge >= 0.3 is 0 Å². The van der Waals surface area contributed by atoms with Crippen molar-refractivity contribution in [3.63, 3.8) is 0 Å². The molecule has 1 rings (SSSR count). The minimum Gasteiger partial charge on any atom is -0.394 e. The third-order valence-corrected chi connectivity index (χ3v) is 12.3. The van der Waals surface area contributed by atoms with Crippen LogP contribution in [0.1, 0.15) is 219 Å². The lowest BCUT2D eigenvalue weighted by Gasteiger charge is -2.40. The maximum Gasteiger partial charge on any atom is 0.220 e. The van der Waals surface area contributed by atoms with Gasteiger partial charge in [0.2, 0.25) is 5.91 Å². The van der Waals surface area contributed by atoms with Crippen LogP contribution in [0.3, 0.4) is 0 Å². The zero-order valence-electron chi connectivity index (χ0n) is 41.5. The molecule has 0 saturated carbocycles. The Balaban J connectivity index is 2.19. The van der Waals surface area contributed by atoms with Crippen LogP contribution in [0.15, 0.2) is 72.9 Å². The van der Waals surface area contributed by atoms with E-state index in [9.17, 15) is 30.3 Å². The van der Waals surface area contributed by atoms with E-state index in [0.717, 1.165) is 64.2 Å². The first-order valence-corrected chi connectivity index (χ1v) is 26.7. The van der Waals surface area contributed by atoms with Crippen molar-refractivity contribution in [3.8, 4) is 0 Å². The predicted molar refractivity (Wildman–Crippen MR) is 272 cm³/mol. The lowest BCUT2D eigenvalue weighted by atomic mass is 9.99. The highest BCUT2D eigenvalue weighted by molar-refractivity contribution is 5.76. The number of hydrogen-bond donors (Lipinski definition) is 6. The quantitative estimate of drug-likeness (QED) is 0.0261. The molecule has 1 fully saturated rings. The summed E-state index contributed by atoms with van der Waals surface area (Å²) in [5.41, 5.74) is 0. The van der Waals surface area contributed by atoms with Crippen LogP contribution in [-0.4, -0.2) is 87.5 Å². The summed E-state index contributed by atoms with van der Waals surface area (Å²) in [6.07, 6.45) is 55.4. The van der Waals surface area contributed by atoms with E-state index < -0.39 is 49.5 Å². The van der Waals surface area contributed by atoms with Crippen LogP contribution in [0.2, 0.25) is 0 Å². The fourth-order valence-electron chi connectivity index (χ4n) is 8.05. The average Bonchev–Trinajstić information content (AvgIpc) is 3.31. The molecular weight excluding hydrogens is 815 g/mol. The normalized spacial score (nSPS) is 20.5. The first kappa shape index (κ1) is 60.6. The van der Waals surface area contributed by atoms with Crippen molar-refractivity contribution in [1.82, 2.24) is 5.32 Å². The second kappa shape index (κ2) is 45.4. The summed E-state index contributed by atoms with van der Waals surface area (Å²) >= 11 is 0. The Labute approximate surface area is 398 Å². The predicted octanol–water partition coefficient (Wildman–Crippen LogP) is 12.5. The highest BCUT2D eigenvalue weighted by Gasteiger charge is 2.44. The Hall–Kier alpha value is -2.37. The number of carbonyl (C=O) groups is 1. The SMILES string of the molecule is CC/C=C\C/C=C\C/C=C\C/C=C\CCCCCCCCCCCCCCCCCCC(=O)NC(COC1OC(CO)C(O)C(O)C1O)C(O)/C=C/CC/C=C/CCCCCCCCC. The van der Waals surface area contributed by atoms with Crippen LogP contribution in [0.25, 0.3) is 0 Å². The Bertz CT molecular complexity index is 1240. The molecule has 9 heteroatoms. The van der Waals surface area contributed by atoms with Crippen LogP contribution in [-0.2, 0) is 14.3 Å². The Kier molecular flexibility index (Phi) is 42.4. The topological polar surface area (TPSA) is 149 Å². The number of rotatable bonds is 44. The largest absolute Gasteiger partial charge is 0.394 e. The second-order valence-corrected chi connectivity index (χ2v) is 18.3. The van der Waals surface area contributed by atoms with Crippen LogP contribution >= 0.6 is 0 Å². The van der Waals surface area contributed by atoms with Gasteiger partial charge in [0.15, 0.2) is 6.29 Å². The number of amides is 1. The van der Waals surface area contributed by atoms with Crippen molar-refractivity contribution in [2.45, 2.75) is 262 Å². The number of nitrogens with one attached hydrogen (secondary N) is 1. The fourth-order valence-corrected chi connectivity index (χ4v) is 8.05. The van der Waals surface area contributed by atoms with E-state index in [-0.39, 0.29) is 12.5 Å². The molecule has 1 heterocycles. The molecule has 0 aromatic heterocycles. The van der Waals surface area contributed by atoms with Crippen molar-refractivity contribution in [2.75, 3.05) is 13.2 Å². The smallest absolute Gasteiger partial charge is 0.220 e. The molecule has 65 heavy (non-hydrogen) atoms. The maximum absolute atomic E-state index is 13.0. The molecule has 7 unspecified atom stereocenters. The molecule has 0 bridgehead atoms. The van der Waals surface area contributed by atoms with Gasteiger partial charge in [0, 0.05) is 6.42 Å². The van der Waals surface area contributed by atoms with Gasteiger partial charge in [-0.25, -0.2) is 0 Å². The van der Waals surface area contributed by atoms with Gasteiger partial charge in [0.05, 0.1) is 25.4 Å². The van der Waals surface area contributed by atoms with Crippen LogP contribution in [0, 0.1) is 0 Å². The standard InChI is InChI=1S/C56H99NO8/c1-3-5-7-9-11-13-15-17-18-19-20-21-22-23-24-25-26-27-28-29-30-31-32-34-36-38-40-42-44-46-52(60)57-49(48-64-56-55(63)54(62)53(61)51(47-58)65-56)50(59)45-43-41-39-37-35-33-16-14-12-10-8-6-4-2/h5,7,11,13,17-18,20-21,35,37,43,45,49-51,53-56,58-59,61-63H,3-4,6,8-10,12,14-16,19,22-34,36,38-42,44,46-48H2,1-2H3,(H,57,60)/b7-5-,13-11-,18-17-,21-20-,37-35+,45-43+. The minimum absolute atomic E-state index is 0.189. The number of unbranched alkanes of at least 4 members (excludes halogenated alkanes) is 24. The third-order valence-electron chi connectivity index (χ3n) is 12.3. The van der Waals surface area contributed by atoms with Gasteiger partial charge < -0.3 is 40.3 Å². The summed E-state index contributed by atoms with van der Waals surface area (Å²) in [6, 6.07) is -0.823. The molecule has 9 nitrogen and oxygen atoms in total. The number of aliphatic hydroxyl groups is 5. The summed E-state index contributed by atoms with van der Waals surface area (Å²) in [5, 5.41) is 54.3. The zero-order valence-corrected chi connectivity index (χ0v) is 41.5. The summed E-state index contributed by atoms with van der Waals surface area (Å²) in [5.74, 6) is -0.189. The Morgan fingerprint density at radius 3 is 1.48 bits per heavy atom. The summed E-state index contributed by atoms with van der Waals surface area (Å²) < 4.78 is 11.2. The van der Waals surface area contributed by atoms with Crippen molar-refractivity contribution in [1.29, 1.82) is 0 Å². The van der Waals surface area contributed by atoms with Gasteiger partial charge in [-0.15, -0.1) is 0 Å². The molecule has 7 atom stereocenters. The molecule has 0 radical (unpaired) electrons. The average molecular weight is 914 g/mol. The van der Waals surface area contributed by atoms with Crippen LogP contribution < -0.4 is 5.32 Å². The van der Waals surface area contributed by atoms with Gasteiger partial charge in [0.25, 0.3) is 0 Å². The van der Waals surface area contributed by atoms with E-state index in [4.69, 9.17) is 9.47 Å². The zero-order chi connectivity index (χ0) is 47.3. The van der Waals surface area contributed by atoms with Gasteiger partial charge in [-0.1, -0.05) is 215 Å². The lowest BCUT2D eigenvalue weighted by molar-refractivity contribution is -0.302. The highest BCUT2D eigenvalue weighted by Crippen LogP contribution is 2.23. The fraction of sp³-hybridized carbons (Fsp3) is 0.768. The van der Waals surface area contributed by atoms with Gasteiger partial charge in [-0.3, -0.25) is 4.79 Å². The van der Waals surface area contributed by atoms with Crippen LogP contribution in [0.4, 0.5) is 0 Å². The monoisotopic (exact) mass is 914 g/mol. The molecule has 1 amide bonds. The van der Waals surface area contributed by atoms with E-state index >= 15 is 0 Å². The molecule has 0 spiro atoms. The Morgan fingerprint density at radius 1 is 0.538 bits per heavy atom. The number of carbonyl (C=O) groups excluding carboxylic acids is 1. The maximum atomic E-state index is 13.0. The highest BCUT2D eigenvalue weighted by atomic mass is 16.7. The van der Waals surface area contributed by atoms with Crippen molar-refractivity contribution >= 4 is 5.91 Å². The molecule has 0 aromatic carbocycles. The molecular formula is C56H99NO8. The van der Waals surface area contributed by atoms with E-state index in [2.05, 4.69) is 79.9 Å². The lowest BCUT2D eigenvalue weighted by Crippen LogP contribution is -2.60.